The molecular weight excluding hydrogens is 463 g/mol. The van der Waals surface area contributed by atoms with E-state index in [1.807, 2.05) is 6.07 Å². The van der Waals surface area contributed by atoms with Gasteiger partial charge in [-0.15, -0.1) is 5.10 Å². The van der Waals surface area contributed by atoms with E-state index in [0.717, 1.165) is 23.1 Å². The Kier molecular flexibility index (Phi) is 8.22. The first-order valence-electron chi connectivity index (χ1n) is 11.8. The van der Waals surface area contributed by atoms with Crippen molar-refractivity contribution in [1.29, 1.82) is 0 Å². The molecule has 0 fully saturated rings. The van der Waals surface area contributed by atoms with E-state index < -0.39 is 14.2 Å². The SMILES string of the molecule is COc1c(CC(CCO[Si](C)(C)C(C)(C)C)c2ccc(F)cc2)cc(C2C=NN=N2)cc1C(N)=O. The van der Waals surface area contributed by atoms with E-state index in [-0.39, 0.29) is 28.4 Å². The summed E-state index contributed by atoms with van der Waals surface area (Å²) in [6.45, 7) is 11.7. The molecule has 0 saturated heterocycles. The fraction of sp³-hybridized carbons (Fsp3) is 0.462. The Morgan fingerprint density at radius 1 is 1.20 bits per heavy atom. The molecule has 7 nitrogen and oxygen atoms in total. The molecule has 2 N–H and O–H groups in total. The van der Waals surface area contributed by atoms with Crippen LogP contribution in [0.2, 0.25) is 18.1 Å². The number of amides is 1. The summed E-state index contributed by atoms with van der Waals surface area (Å²) in [5, 5.41) is 11.7. The minimum absolute atomic E-state index is 0.00381. The zero-order valence-corrected chi connectivity index (χ0v) is 22.3. The summed E-state index contributed by atoms with van der Waals surface area (Å²) in [7, 11) is -0.402. The number of hydrogen-bond donors (Lipinski definition) is 1. The first-order chi connectivity index (χ1) is 16.4. The number of nitrogens with zero attached hydrogens (tertiary/aromatic N) is 3. The first kappa shape index (κ1) is 26.7. The summed E-state index contributed by atoms with van der Waals surface area (Å²) in [5.74, 6) is -0.433. The summed E-state index contributed by atoms with van der Waals surface area (Å²) in [4.78, 5) is 12.3. The van der Waals surface area contributed by atoms with Gasteiger partial charge < -0.3 is 14.9 Å². The van der Waals surface area contributed by atoms with Crippen molar-refractivity contribution in [2.75, 3.05) is 13.7 Å². The predicted octanol–water partition coefficient (Wildman–Crippen LogP) is 6.16. The van der Waals surface area contributed by atoms with Crippen LogP contribution in [-0.4, -0.2) is 34.2 Å². The third kappa shape index (κ3) is 6.40. The Hall–Kier alpha value is -2.91. The lowest BCUT2D eigenvalue weighted by Gasteiger charge is -2.36. The van der Waals surface area contributed by atoms with E-state index in [2.05, 4.69) is 49.3 Å². The monoisotopic (exact) mass is 498 g/mol. The molecule has 0 bridgehead atoms. The van der Waals surface area contributed by atoms with Gasteiger partial charge in [0.25, 0.3) is 5.91 Å². The zero-order valence-electron chi connectivity index (χ0n) is 21.3. The van der Waals surface area contributed by atoms with Gasteiger partial charge in [-0.2, -0.15) is 5.11 Å². The van der Waals surface area contributed by atoms with Crippen LogP contribution in [0.25, 0.3) is 0 Å². The molecule has 0 spiro atoms. The Morgan fingerprint density at radius 2 is 1.89 bits per heavy atom. The lowest BCUT2D eigenvalue weighted by atomic mass is 9.87. The molecule has 0 aromatic heterocycles. The van der Waals surface area contributed by atoms with Crippen LogP contribution in [0.3, 0.4) is 0 Å². The zero-order chi connectivity index (χ0) is 25.8. The van der Waals surface area contributed by atoms with E-state index >= 15 is 0 Å². The Bertz CT molecular complexity index is 1100. The molecule has 1 aliphatic heterocycles. The molecule has 35 heavy (non-hydrogen) atoms. The van der Waals surface area contributed by atoms with Crippen molar-refractivity contribution in [1.82, 2.24) is 0 Å². The van der Waals surface area contributed by atoms with Gasteiger partial charge in [-0.3, -0.25) is 4.79 Å². The molecule has 2 unspecified atom stereocenters. The minimum atomic E-state index is -1.93. The van der Waals surface area contributed by atoms with E-state index in [4.69, 9.17) is 14.9 Å². The van der Waals surface area contributed by atoms with Gasteiger partial charge >= 0.3 is 0 Å². The highest BCUT2D eigenvalue weighted by atomic mass is 28.4. The number of benzene rings is 2. The normalized spacial score (nSPS) is 16.5. The van der Waals surface area contributed by atoms with Crippen molar-refractivity contribution in [2.24, 2.45) is 21.2 Å². The minimum Gasteiger partial charge on any atom is -0.496 e. The lowest BCUT2D eigenvalue weighted by molar-refractivity contribution is 0.0997. The molecule has 0 aliphatic carbocycles. The van der Waals surface area contributed by atoms with Gasteiger partial charge in [0, 0.05) is 6.61 Å². The number of methoxy groups -OCH3 is 1. The largest absolute Gasteiger partial charge is 0.496 e. The number of hydrogen-bond acceptors (Lipinski definition) is 6. The molecule has 0 radical (unpaired) electrons. The highest BCUT2D eigenvalue weighted by Gasteiger charge is 2.37. The molecule has 1 aliphatic rings. The maximum atomic E-state index is 13.7. The standard InChI is InChI=1S/C26H35FN4O3Si/c1-26(2,3)35(5,6)34-12-11-18(17-7-9-21(27)10-8-17)13-20-14-19(23-16-29-31-30-23)15-22(25(28)32)24(20)33-4/h7-10,14-16,18,23H,11-13H2,1-6H3,(H2,28,32). The highest BCUT2D eigenvalue weighted by Crippen LogP contribution is 2.38. The fourth-order valence-electron chi connectivity index (χ4n) is 3.88. The van der Waals surface area contributed by atoms with Crippen LogP contribution in [-0.2, 0) is 10.8 Å². The lowest BCUT2D eigenvalue weighted by Crippen LogP contribution is -2.41. The summed E-state index contributed by atoms with van der Waals surface area (Å²) in [6.07, 6.45) is 2.88. The van der Waals surface area contributed by atoms with Crippen molar-refractivity contribution in [3.8, 4) is 5.75 Å². The average molecular weight is 499 g/mol. The van der Waals surface area contributed by atoms with Gasteiger partial charge in [0.05, 0.1) is 18.9 Å². The molecule has 2 aromatic carbocycles. The number of nitrogens with two attached hydrogens (primary N) is 1. The fourth-order valence-corrected chi connectivity index (χ4v) is 4.94. The summed E-state index contributed by atoms with van der Waals surface area (Å²) >= 11 is 0. The molecule has 3 rings (SSSR count). The van der Waals surface area contributed by atoms with Gasteiger partial charge in [-0.05, 0) is 83.1 Å². The van der Waals surface area contributed by atoms with E-state index in [9.17, 15) is 9.18 Å². The van der Waals surface area contributed by atoms with Crippen LogP contribution in [0, 0.1) is 5.82 Å². The molecule has 9 heteroatoms. The molecular formula is C26H35FN4O3Si. The number of primary amides is 1. The Balaban J connectivity index is 1.96. The third-order valence-corrected chi connectivity index (χ3v) is 11.5. The van der Waals surface area contributed by atoms with Gasteiger partial charge in [-0.1, -0.05) is 32.9 Å². The second-order valence-corrected chi connectivity index (χ2v) is 15.2. The van der Waals surface area contributed by atoms with Crippen LogP contribution < -0.4 is 10.5 Å². The number of halogens is 1. The topological polar surface area (TPSA) is 98.6 Å². The molecule has 1 amide bonds. The maximum absolute atomic E-state index is 13.7. The quantitative estimate of drug-likeness (QED) is 0.397. The van der Waals surface area contributed by atoms with Crippen LogP contribution in [0.15, 0.2) is 51.8 Å². The van der Waals surface area contributed by atoms with E-state index in [0.29, 0.717) is 18.8 Å². The molecule has 188 valence electrons. The molecule has 1 heterocycles. The van der Waals surface area contributed by atoms with Crippen molar-refractivity contribution in [3.05, 3.63) is 64.5 Å². The van der Waals surface area contributed by atoms with Crippen molar-refractivity contribution in [2.45, 2.75) is 63.7 Å². The maximum Gasteiger partial charge on any atom is 0.252 e. The number of rotatable bonds is 10. The number of carbonyl (C=O) groups excluding carboxylic acids is 1. The number of ether oxygens (including phenoxy) is 1. The molecule has 2 atom stereocenters. The van der Waals surface area contributed by atoms with Crippen LogP contribution in [0.4, 0.5) is 4.39 Å². The van der Waals surface area contributed by atoms with Crippen molar-refractivity contribution >= 4 is 20.4 Å². The highest BCUT2D eigenvalue weighted by molar-refractivity contribution is 6.74. The summed E-state index contributed by atoms with van der Waals surface area (Å²) in [6, 6.07) is 9.79. The van der Waals surface area contributed by atoms with Gasteiger partial charge in [0.2, 0.25) is 0 Å². The number of carbonyl (C=O) groups is 1. The second-order valence-electron chi connectivity index (χ2n) is 10.4. The smallest absolute Gasteiger partial charge is 0.252 e. The van der Waals surface area contributed by atoms with Gasteiger partial charge in [0.15, 0.2) is 8.32 Å². The van der Waals surface area contributed by atoms with Crippen LogP contribution in [0.1, 0.15) is 66.2 Å². The van der Waals surface area contributed by atoms with E-state index in [1.54, 1.807) is 24.4 Å². The molecule has 0 saturated carbocycles. The first-order valence-corrected chi connectivity index (χ1v) is 14.7. The van der Waals surface area contributed by atoms with Gasteiger partial charge in [-0.25, -0.2) is 4.39 Å². The molecule has 2 aromatic rings. The summed E-state index contributed by atoms with van der Waals surface area (Å²) < 4.78 is 25.8. The van der Waals surface area contributed by atoms with Crippen LogP contribution in [0.5, 0.6) is 5.75 Å². The van der Waals surface area contributed by atoms with Crippen LogP contribution >= 0.6 is 0 Å². The second kappa shape index (κ2) is 10.8. The van der Waals surface area contributed by atoms with Crippen molar-refractivity contribution in [3.63, 3.8) is 0 Å². The summed E-state index contributed by atoms with van der Waals surface area (Å²) in [5.41, 5.74) is 8.53. The van der Waals surface area contributed by atoms with E-state index in [1.165, 1.54) is 19.2 Å². The Labute approximate surface area is 207 Å². The van der Waals surface area contributed by atoms with Crippen molar-refractivity contribution < 1.29 is 18.3 Å². The van der Waals surface area contributed by atoms with Gasteiger partial charge in [0.1, 0.15) is 17.6 Å². The average Bonchev–Trinajstić information content (AvgIpc) is 3.32. The Morgan fingerprint density at radius 3 is 2.43 bits per heavy atom. The predicted molar refractivity (Wildman–Crippen MR) is 138 cm³/mol. The third-order valence-electron chi connectivity index (χ3n) is 6.98.